The highest BCUT2D eigenvalue weighted by Crippen LogP contribution is 2.39. The van der Waals surface area contributed by atoms with E-state index < -0.39 is 0 Å². The molecule has 0 saturated heterocycles. The number of aryl methyl sites for hydroxylation is 1. The smallest absolute Gasteiger partial charge is 0.252 e. The molecule has 0 aliphatic heterocycles. The highest BCUT2D eigenvalue weighted by Gasteiger charge is 2.23. The summed E-state index contributed by atoms with van der Waals surface area (Å²) in [7, 11) is 0. The van der Waals surface area contributed by atoms with Gasteiger partial charge in [-0.05, 0) is 38.2 Å². The Hall–Kier alpha value is -1.36. The quantitative estimate of drug-likeness (QED) is 0.660. The fourth-order valence-corrected chi connectivity index (χ4v) is 3.28. The van der Waals surface area contributed by atoms with E-state index in [1.165, 1.54) is 17.7 Å². The Kier molecular flexibility index (Phi) is 3.78. The molecular formula is C12H16N2O2S. The minimum Gasteiger partial charge on any atom is -0.483 e. The minimum absolute atomic E-state index is 0.381. The molecule has 2 rings (SSSR count). The van der Waals surface area contributed by atoms with Crippen molar-refractivity contribution in [2.45, 2.75) is 32.6 Å². The second-order valence-corrected chi connectivity index (χ2v) is 5.03. The standard InChI is InChI=1S/C12H16N2O2S/c1-2-16-7-14-12-10(11(13)15)8-5-3-4-6-9(8)17-12/h7H,2-6H2,1H3,(H2,13,15)/b14-7+. The lowest BCUT2D eigenvalue weighted by atomic mass is 9.95. The van der Waals surface area contributed by atoms with Crippen LogP contribution in [0.4, 0.5) is 5.00 Å². The molecule has 1 heterocycles. The zero-order chi connectivity index (χ0) is 12.3. The van der Waals surface area contributed by atoms with Crippen molar-refractivity contribution in [3.8, 4) is 0 Å². The Labute approximate surface area is 104 Å². The van der Waals surface area contributed by atoms with E-state index in [-0.39, 0.29) is 5.91 Å². The van der Waals surface area contributed by atoms with Gasteiger partial charge in [0.1, 0.15) is 5.00 Å². The third kappa shape index (κ3) is 2.49. The predicted molar refractivity (Wildman–Crippen MR) is 69.3 cm³/mol. The molecule has 92 valence electrons. The molecule has 0 aromatic carbocycles. The fraction of sp³-hybridized carbons (Fsp3) is 0.500. The second kappa shape index (κ2) is 5.31. The van der Waals surface area contributed by atoms with Gasteiger partial charge >= 0.3 is 0 Å². The molecule has 5 heteroatoms. The van der Waals surface area contributed by atoms with E-state index in [2.05, 4.69) is 4.99 Å². The number of primary amides is 1. The predicted octanol–water partition coefficient (Wildman–Crippen LogP) is 2.42. The summed E-state index contributed by atoms with van der Waals surface area (Å²) >= 11 is 1.56. The van der Waals surface area contributed by atoms with Gasteiger partial charge in [0.05, 0.1) is 12.2 Å². The lowest BCUT2D eigenvalue weighted by molar-refractivity contribution is 0.100. The van der Waals surface area contributed by atoms with Gasteiger partial charge in [-0.3, -0.25) is 4.79 Å². The van der Waals surface area contributed by atoms with Gasteiger partial charge in [-0.1, -0.05) is 0 Å². The van der Waals surface area contributed by atoms with Gasteiger partial charge in [-0.2, -0.15) is 0 Å². The van der Waals surface area contributed by atoms with Crippen LogP contribution in [-0.2, 0) is 17.6 Å². The average molecular weight is 252 g/mol. The Bertz CT molecular complexity index is 452. The van der Waals surface area contributed by atoms with E-state index in [1.54, 1.807) is 11.3 Å². The van der Waals surface area contributed by atoms with Gasteiger partial charge < -0.3 is 10.5 Å². The molecule has 0 fully saturated rings. The number of amides is 1. The van der Waals surface area contributed by atoms with E-state index in [0.717, 1.165) is 24.8 Å². The number of ether oxygens (including phenoxy) is 1. The number of carbonyl (C=O) groups is 1. The van der Waals surface area contributed by atoms with Crippen LogP contribution >= 0.6 is 11.3 Å². The minimum atomic E-state index is -0.381. The molecule has 0 bridgehead atoms. The van der Waals surface area contributed by atoms with Crippen molar-refractivity contribution in [1.29, 1.82) is 0 Å². The van der Waals surface area contributed by atoms with Crippen LogP contribution in [0.3, 0.4) is 0 Å². The summed E-state index contributed by atoms with van der Waals surface area (Å²) in [6, 6.07) is 0. The molecule has 17 heavy (non-hydrogen) atoms. The molecule has 1 amide bonds. The van der Waals surface area contributed by atoms with Crippen LogP contribution < -0.4 is 5.73 Å². The lowest BCUT2D eigenvalue weighted by Gasteiger charge is -2.10. The summed E-state index contributed by atoms with van der Waals surface area (Å²) < 4.78 is 5.07. The van der Waals surface area contributed by atoms with E-state index in [4.69, 9.17) is 10.5 Å². The molecule has 0 spiro atoms. The van der Waals surface area contributed by atoms with Crippen LogP contribution in [-0.4, -0.2) is 18.9 Å². The average Bonchev–Trinajstić information content (AvgIpc) is 2.67. The number of nitrogens with zero attached hydrogens (tertiary/aromatic N) is 1. The lowest BCUT2D eigenvalue weighted by Crippen LogP contribution is -2.14. The van der Waals surface area contributed by atoms with E-state index in [1.807, 2.05) is 6.92 Å². The SMILES string of the molecule is CCO/C=N/c1sc2c(c1C(N)=O)CCCC2. The second-order valence-electron chi connectivity index (χ2n) is 3.95. The van der Waals surface area contributed by atoms with Gasteiger partial charge in [0, 0.05) is 4.88 Å². The molecule has 0 atom stereocenters. The zero-order valence-electron chi connectivity index (χ0n) is 9.86. The van der Waals surface area contributed by atoms with E-state index >= 15 is 0 Å². The number of nitrogens with two attached hydrogens (primary N) is 1. The molecule has 0 unspecified atom stereocenters. The van der Waals surface area contributed by atoms with Crippen LogP contribution in [0, 0.1) is 0 Å². The summed E-state index contributed by atoms with van der Waals surface area (Å²) in [5, 5.41) is 0.692. The molecule has 2 N–H and O–H groups in total. The summed E-state index contributed by atoms with van der Waals surface area (Å²) in [4.78, 5) is 17.0. The van der Waals surface area contributed by atoms with Crippen LogP contribution in [0.25, 0.3) is 0 Å². The molecule has 1 aromatic heterocycles. The first-order valence-corrected chi connectivity index (χ1v) is 6.64. The molecule has 4 nitrogen and oxygen atoms in total. The van der Waals surface area contributed by atoms with Crippen molar-refractivity contribution >= 4 is 28.6 Å². The van der Waals surface area contributed by atoms with Crippen LogP contribution in [0.1, 0.15) is 40.6 Å². The topological polar surface area (TPSA) is 64.7 Å². The number of rotatable bonds is 4. The van der Waals surface area contributed by atoms with Crippen LogP contribution in [0.15, 0.2) is 4.99 Å². The fourth-order valence-electron chi connectivity index (χ4n) is 2.06. The van der Waals surface area contributed by atoms with Gasteiger partial charge in [0.15, 0.2) is 6.40 Å². The molecule has 1 aromatic rings. The number of aliphatic imine (C=N–C) groups is 1. The first kappa shape index (κ1) is 12.1. The molecule has 1 aliphatic carbocycles. The molecule has 1 aliphatic rings. The summed E-state index contributed by atoms with van der Waals surface area (Å²) in [6.07, 6.45) is 5.67. The normalized spacial score (nSPS) is 14.9. The summed E-state index contributed by atoms with van der Waals surface area (Å²) in [5.74, 6) is -0.381. The highest BCUT2D eigenvalue weighted by atomic mass is 32.1. The molecule has 0 saturated carbocycles. The van der Waals surface area contributed by atoms with Gasteiger partial charge in [-0.15, -0.1) is 11.3 Å². The molecule has 0 radical (unpaired) electrons. The first-order chi connectivity index (χ1) is 8.24. The summed E-state index contributed by atoms with van der Waals surface area (Å²) in [5.41, 5.74) is 7.15. The Balaban J connectivity index is 2.37. The van der Waals surface area contributed by atoms with Crippen molar-refractivity contribution < 1.29 is 9.53 Å². The van der Waals surface area contributed by atoms with Crippen molar-refractivity contribution in [1.82, 2.24) is 0 Å². The maximum Gasteiger partial charge on any atom is 0.252 e. The largest absolute Gasteiger partial charge is 0.483 e. The van der Waals surface area contributed by atoms with Crippen LogP contribution in [0.2, 0.25) is 0 Å². The van der Waals surface area contributed by atoms with E-state index in [0.29, 0.717) is 17.2 Å². The monoisotopic (exact) mass is 252 g/mol. The van der Waals surface area contributed by atoms with Crippen molar-refractivity contribution in [3.63, 3.8) is 0 Å². The maximum atomic E-state index is 11.5. The Morgan fingerprint density at radius 3 is 3.00 bits per heavy atom. The maximum absolute atomic E-state index is 11.5. The number of thiophene rings is 1. The van der Waals surface area contributed by atoms with E-state index in [9.17, 15) is 4.79 Å². The third-order valence-electron chi connectivity index (χ3n) is 2.81. The molecular weight excluding hydrogens is 236 g/mol. The first-order valence-electron chi connectivity index (χ1n) is 5.82. The summed E-state index contributed by atoms with van der Waals surface area (Å²) in [6.45, 7) is 2.46. The number of fused-ring (bicyclic) bond motifs is 1. The highest BCUT2D eigenvalue weighted by molar-refractivity contribution is 7.16. The Morgan fingerprint density at radius 2 is 2.29 bits per heavy atom. The van der Waals surface area contributed by atoms with Crippen molar-refractivity contribution in [2.24, 2.45) is 10.7 Å². The van der Waals surface area contributed by atoms with Gasteiger partial charge in [0.25, 0.3) is 5.91 Å². The van der Waals surface area contributed by atoms with Gasteiger partial charge in [0.2, 0.25) is 0 Å². The van der Waals surface area contributed by atoms with Crippen molar-refractivity contribution in [3.05, 3.63) is 16.0 Å². The Morgan fingerprint density at radius 1 is 1.53 bits per heavy atom. The number of hydrogen-bond donors (Lipinski definition) is 1. The number of hydrogen-bond acceptors (Lipinski definition) is 4. The zero-order valence-corrected chi connectivity index (χ0v) is 10.7. The van der Waals surface area contributed by atoms with Crippen LogP contribution in [0.5, 0.6) is 0 Å². The van der Waals surface area contributed by atoms with Crippen molar-refractivity contribution in [2.75, 3.05) is 6.61 Å². The van der Waals surface area contributed by atoms with Gasteiger partial charge in [-0.25, -0.2) is 4.99 Å². The third-order valence-corrected chi connectivity index (χ3v) is 4.01. The number of carbonyl (C=O) groups excluding carboxylic acids is 1.